The van der Waals surface area contributed by atoms with Gasteiger partial charge < -0.3 is 131 Å². The van der Waals surface area contributed by atoms with E-state index in [1.54, 1.807) is 0 Å². The zero-order valence-corrected chi connectivity index (χ0v) is 62.5. The van der Waals surface area contributed by atoms with Crippen LogP contribution in [0, 0.1) is 0 Å². The summed E-state index contributed by atoms with van der Waals surface area (Å²) >= 11 is 0. The molecule has 0 aliphatic rings. The molecule has 7 aromatic rings. The Kier molecular flexibility index (Phi) is 35.0. The quantitative estimate of drug-likeness (QED) is 0.0125. The molecule has 0 saturated heterocycles. The molecule has 0 aliphatic carbocycles. The molecular weight excluding hydrogens is 1510 g/mol. The van der Waals surface area contributed by atoms with Crippen molar-refractivity contribution in [3.63, 3.8) is 0 Å². The molecule has 40 heteroatoms. The van der Waals surface area contributed by atoms with Crippen molar-refractivity contribution in [1.29, 1.82) is 0 Å². The summed E-state index contributed by atoms with van der Waals surface area (Å²) < 4.78 is 0. The van der Waals surface area contributed by atoms with Gasteiger partial charge in [-0.05, 0) is 129 Å². The molecule has 10 amide bonds. The summed E-state index contributed by atoms with van der Waals surface area (Å²) in [5.41, 5.74) is 20.2. The fourth-order valence-electron chi connectivity index (χ4n) is 12.0. The molecule has 0 spiro atoms. The summed E-state index contributed by atoms with van der Waals surface area (Å²) in [7, 11) is -7.65. The van der Waals surface area contributed by atoms with Crippen LogP contribution in [0.4, 0.5) is 0 Å². The van der Waals surface area contributed by atoms with Gasteiger partial charge in [-0.2, -0.15) is 0 Å². The van der Waals surface area contributed by atoms with E-state index in [1.165, 1.54) is 170 Å². The van der Waals surface area contributed by atoms with Crippen LogP contribution in [0.25, 0.3) is 0 Å². The summed E-state index contributed by atoms with van der Waals surface area (Å²) in [5.74, 6) is -13.3. The Morgan fingerprint density at radius 1 is 0.302 bits per heavy atom. The van der Waals surface area contributed by atoms with E-state index in [2.05, 4.69) is 47.9 Å². The molecule has 0 radical (unpaired) electrons. The summed E-state index contributed by atoms with van der Waals surface area (Å²) in [6.07, 6.45) is -3.43. The Labute approximate surface area is 666 Å². The second-order valence-corrected chi connectivity index (χ2v) is 27.5. The van der Waals surface area contributed by atoms with Gasteiger partial charge in [-0.25, -0.2) is 4.79 Å². The van der Waals surface area contributed by atoms with E-state index < -0.39 is 193 Å². The number of aliphatic hydroxyl groups excluding tert-OH is 1. The Morgan fingerprint density at radius 2 is 0.526 bits per heavy atom. The maximum atomic E-state index is 15.4. The van der Waals surface area contributed by atoms with Crippen LogP contribution in [-0.2, 0) is 97.7 Å². The van der Waals surface area contributed by atoms with E-state index in [1.807, 2.05) is 0 Å². The topological polar surface area (TPSA) is 637 Å². The van der Waals surface area contributed by atoms with E-state index in [4.69, 9.17) is 17.2 Å². The van der Waals surface area contributed by atoms with Gasteiger partial charge in [-0.15, -0.1) is 0 Å². The predicted molar refractivity (Wildman–Crippen MR) is 422 cm³/mol. The third-order valence-corrected chi connectivity index (χ3v) is 18.6. The molecule has 612 valence electrons. The van der Waals surface area contributed by atoms with E-state index >= 15 is 19.2 Å². The molecule has 10 atom stereocenters. The van der Waals surface area contributed by atoms with Gasteiger partial charge in [-0.1, -0.05) is 133 Å². The van der Waals surface area contributed by atoms with Crippen LogP contribution in [-0.4, -0.2) is 233 Å². The van der Waals surface area contributed by atoms with Gasteiger partial charge in [-0.3, -0.25) is 47.9 Å². The first-order valence-electron chi connectivity index (χ1n) is 36.6. The number of carbonyl (C=O) groups excluding carboxylic acids is 10. The number of carbonyl (C=O) groups is 11. The number of primary amides is 1. The number of hydrogen-bond donors (Lipinski definition) is 25. The number of hydrogen-bond acceptors (Lipinski definition) is 25. The highest BCUT2D eigenvalue weighted by Crippen LogP contribution is 2.18. The summed E-state index contributed by atoms with van der Waals surface area (Å²) in [5, 5.41) is 152. The normalized spacial score (nSPS) is 13.6. The zero-order valence-electron chi connectivity index (χ0n) is 62.5. The van der Waals surface area contributed by atoms with Gasteiger partial charge in [0.05, 0.1) is 19.1 Å². The van der Waals surface area contributed by atoms with E-state index in [9.17, 15) is 99.3 Å². The van der Waals surface area contributed by atoms with E-state index in [-0.39, 0.29) is 106 Å². The Hall–Kier alpha value is -12.1. The van der Waals surface area contributed by atoms with Crippen LogP contribution in [0.2, 0.25) is 0 Å². The fourth-order valence-corrected chi connectivity index (χ4v) is 12.0. The molecule has 7 rings (SSSR count). The lowest BCUT2D eigenvalue weighted by atomic mass is 9.80. The van der Waals surface area contributed by atoms with Crippen LogP contribution in [0.3, 0.4) is 0 Å². The molecule has 0 aromatic heterocycles. The van der Waals surface area contributed by atoms with Crippen molar-refractivity contribution in [1.82, 2.24) is 47.9 Å². The van der Waals surface area contributed by atoms with Crippen molar-refractivity contribution in [3.8, 4) is 17.2 Å². The van der Waals surface area contributed by atoms with Crippen molar-refractivity contribution >= 4 is 115 Å². The molecule has 0 fully saturated rings. The molecule has 116 heavy (non-hydrogen) atoms. The minimum Gasteiger partial charge on any atom is -0.508 e. The lowest BCUT2D eigenvalue weighted by molar-refractivity contribution is -0.142. The van der Waals surface area contributed by atoms with Crippen molar-refractivity contribution < 1.29 is 118 Å². The molecule has 36 nitrogen and oxygen atoms in total. The number of aromatic hydroxyl groups is 3. The Balaban J connectivity index is 1.22. The van der Waals surface area contributed by atoms with Gasteiger partial charge in [0.2, 0.25) is 59.1 Å². The molecular formula is C76H92B4N12O24. The number of aliphatic hydroxyl groups is 1. The minimum absolute atomic E-state index is 0.00160. The SMILES string of the molecule is NCCCC[C@H](NC(=O)[C@H](CC(N)=O)NC(=O)[C@H](Cc1ccc(B(O)O)cc1)NC(=O)[C@H](Cc1ccc(O)cc1)NC(=O)[C@H](Cc1ccc(B(O)O)cc1)NC(=O)[C@H](Cc1ccc(B(O)O)cc1)NC(=O)[C@H](Cc1ccc(O)cc1)NC(=O)[C@@H](N)Cc1ccc(B(O)O)cc1)C(=O)N[C@@H](CO)C(=O)N[C@@H](Cc1ccc(O)cc1)C(=O)O. The Morgan fingerprint density at radius 3 is 0.802 bits per heavy atom. The fraction of sp³-hybridized carbons (Fsp3) is 0.303. The molecule has 28 N–H and O–H groups in total. The summed E-state index contributed by atoms with van der Waals surface area (Å²) in [6, 6.07) is 20.8. The first-order valence-corrected chi connectivity index (χ1v) is 36.6. The molecule has 0 bridgehead atoms. The van der Waals surface area contributed by atoms with Crippen LogP contribution >= 0.6 is 0 Å². The number of aliphatic carboxylic acids is 1. The van der Waals surface area contributed by atoms with E-state index in [0.29, 0.717) is 16.7 Å². The average Bonchev–Trinajstić information content (AvgIpc) is 0.817. The maximum Gasteiger partial charge on any atom is 0.488 e. The molecule has 7 aromatic carbocycles. The van der Waals surface area contributed by atoms with Crippen LogP contribution in [0.15, 0.2) is 170 Å². The number of nitrogens with one attached hydrogen (secondary N) is 9. The average molecular weight is 1600 g/mol. The highest BCUT2D eigenvalue weighted by Gasteiger charge is 2.38. The predicted octanol–water partition coefficient (Wildman–Crippen LogP) is -8.71. The third-order valence-electron chi connectivity index (χ3n) is 18.6. The van der Waals surface area contributed by atoms with Crippen LogP contribution < -0.4 is 86.9 Å². The molecule has 0 heterocycles. The van der Waals surface area contributed by atoms with Crippen molar-refractivity contribution in [3.05, 3.63) is 209 Å². The molecule has 0 aliphatic heterocycles. The summed E-state index contributed by atoms with van der Waals surface area (Å²) in [6.45, 7) is -1.00. The highest BCUT2D eigenvalue weighted by atomic mass is 16.4. The highest BCUT2D eigenvalue weighted by molar-refractivity contribution is 6.59. The number of carboxylic acids is 1. The minimum atomic E-state index is -2.00. The van der Waals surface area contributed by atoms with Crippen molar-refractivity contribution in [2.24, 2.45) is 17.2 Å². The monoisotopic (exact) mass is 1600 g/mol. The largest absolute Gasteiger partial charge is 0.508 e. The van der Waals surface area contributed by atoms with Crippen LogP contribution in [0.5, 0.6) is 17.2 Å². The number of benzene rings is 7. The van der Waals surface area contributed by atoms with Gasteiger partial charge >= 0.3 is 34.4 Å². The van der Waals surface area contributed by atoms with Gasteiger partial charge in [0, 0.05) is 38.5 Å². The first kappa shape index (κ1) is 91.1. The standard InChI is InChI=1S/C76H92B4N12O24/c81-32-2-1-3-57(68(99)92-65(41-93)75(106)91-64(76(107)108)39-48-16-30-55(96)31-17-48)84-74(105)63(40-66(83)97)90-73(104)61(36-45-10-24-52(25-11-45)80(115)116)88-72(103)62(38-47-14-28-54(95)29-15-47)89-71(102)60(35-44-8-22-51(23-9-44)79(113)114)87-70(101)59(34-43-6-20-50(21-7-43)78(111)112)86-69(100)58(37-46-12-26-53(94)27-13-46)85-67(98)56(82)33-42-4-18-49(19-5-42)77(109)110/h4-31,56-65,93-96,109-116H,1-3,32-41,81-82H2,(H2,83,97)(H,84,105)(H,85,98)(H,86,100)(H,87,101)(H,88,103)(H,89,102)(H,90,104)(H,91,106)(H,92,99)(H,107,108)/t56-,57-,58-,59-,60-,61-,62-,63-,64-,65-/m0/s1. The van der Waals surface area contributed by atoms with Gasteiger partial charge in [0.15, 0.2) is 0 Å². The molecule has 0 saturated carbocycles. The number of carboxylic acid groups (broad SMARTS) is 1. The summed E-state index contributed by atoms with van der Waals surface area (Å²) in [4.78, 5) is 157. The lowest BCUT2D eigenvalue weighted by Gasteiger charge is -2.28. The van der Waals surface area contributed by atoms with E-state index in [0.717, 1.165) is 0 Å². The number of amides is 10. The number of nitrogens with two attached hydrogens (primary N) is 3. The zero-order chi connectivity index (χ0) is 84.9. The maximum absolute atomic E-state index is 15.4. The third kappa shape index (κ3) is 29.1. The number of phenols is 3. The van der Waals surface area contributed by atoms with Crippen LogP contribution in [0.1, 0.15) is 64.6 Å². The Bertz CT molecular complexity index is 4470. The number of rotatable bonds is 44. The van der Waals surface area contributed by atoms with Crippen molar-refractivity contribution in [2.75, 3.05) is 13.2 Å². The molecule has 0 unspecified atom stereocenters. The van der Waals surface area contributed by atoms with Gasteiger partial charge in [0.1, 0.15) is 71.6 Å². The first-order chi connectivity index (χ1) is 55.1. The second kappa shape index (κ2) is 44.6. The number of unbranched alkanes of at least 4 members (excludes halogenated alkanes) is 1. The van der Waals surface area contributed by atoms with Gasteiger partial charge in [0.25, 0.3) is 0 Å². The smallest absolute Gasteiger partial charge is 0.488 e. The number of phenolic OH excluding ortho intramolecular Hbond substituents is 3. The van der Waals surface area contributed by atoms with Crippen molar-refractivity contribution in [2.45, 2.75) is 131 Å². The lowest BCUT2D eigenvalue weighted by Crippen LogP contribution is -2.62. The second-order valence-electron chi connectivity index (χ2n) is 27.5.